The molecule has 3 rings (SSSR count). The molecule has 0 aliphatic carbocycles. The molecule has 1 unspecified atom stereocenters. The Morgan fingerprint density at radius 2 is 1.78 bits per heavy atom. The Morgan fingerprint density at radius 3 is 2.36 bits per heavy atom. The van der Waals surface area contributed by atoms with Gasteiger partial charge in [0.15, 0.2) is 5.69 Å². The van der Waals surface area contributed by atoms with Gasteiger partial charge in [-0.25, -0.2) is 15.1 Å². The lowest BCUT2D eigenvalue weighted by atomic mass is 10.2. The average Bonchev–Trinajstić information content (AvgIpc) is 2.80. The lowest BCUT2D eigenvalue weighted by molar-refractivity contribution is -0.141. The second-order valence-corrected chi connectivity index (χ2v) is 7.98. The zero-order chi connectivity index (χ0) is 26.5. The molecule has 1 saturated heterocycles. The van der Waals surface area contributed by atoms with Crippen molar-refractivity contribution in [3.05, 3.63) is 40.2 Å². The van der Waals surface area contributed by atoms with Crippen molar-refractivity contribution in [1.29, 1.82) is 0 Å². The third kappa shape index (κ3) is 7.05. The van der Waals surface area contributed by atoms with Crippen LogP contribution in [-0.4, -0.2) is 76.4 Å². The number of carbonyl (C=O) groups is 1. The molecule has 16 heteroatoms. The summed E-state index contributed by atoms with van der Waals surface area (Å²) in [6.45, 7) is 2.92. The van der Waals surface area contributed by atoms with Crippen molar-refractivity contribution in [3.8, 4) is 0 Å². The first kappa shape index (κ1) is 27.2. The van der Waals surface area contributed by atoms with Crippen LogP contribution in [0.15, 0.2) is 23.4 Å². The van der Waals surface area contributed by atoms with Gasteiger partial charge in [0.1, 0.15) is 11.4 Å². The van der Waals surface area contributed by atoms with Gasteiger partial charge in [0.05, 0.1) is 43.9 Å². The lowest BCUT2D eigenvalue weighted by Gasteiger charge is -2.35. The molecular formula is C20H23F6N7O3. The molecule has 1 fully saturated rings. The van der Waals surface area contributed by atoms with E-state index in [0.717, 1.165) is 12.4 Å². The minimum Gasteiger partial charge on any atom is -0.379 e. The minimum absolute atomic E-state index is 0.0230. The van der Waals surface area contributed by atoms with E-state index in [1.54, 1.807) is 21.8 Å². The Morgan fingerprint density at radius 1 is 1.08 bits per heavy atom. The largest absolute Gasteiger partial charge is 0.434 e. The predicted octanol–water partition coefficient (Wildman–Crippen LogP) is 2.15. The molecule has 1 atom stereocenters. The number of aromatic nitrogens is 4. The predicted molar refractivity (Wildman–Crippen MR) is 114 cm³/mol. The van der Waals surface area contributed by atoms with E-state index in [1.807, 2.05) is 0 Å². The summed E-state index contributed by atoms with van der Waals surface area (Å²) < 4.78 is 82.5. The Balaban J connectivity index is 1.40. The fourth-order valence-corrected chi connectivity index (χ4v) is 3.49. The van der Waals surface area contributed by atoms with Gasteiger partial charge in [-0.15, -0.1) is 0 Å². The van der Waals surface area contributed by atoms with Crippen LogP contribution < -0.4 is 15.8 Å². The van der Waals surface area contributed by atoms with Gasteiger partial charge >= 0.3 is 12.4 Å². The van der Waals surface area contributed by atoms with E-state index in [9.17, 15) is 35.9 Å². The smallest absolute Gasteiger partial charge is 0.379 e. The summed E-state index contributed by atoms with van der Waals surface area (Å²) in [5, 5.41) is 7.66. The summed E-state index contributed by atoms with van der Waals surface area (Å²) in [4.78, 5) is 34.4. The maximum Gasteiger partial charge on any atom is 0.434 e. The van der Waals surface area contributed by atoms with Crippen molar-refractivity contribution in [2.45, 2.75) is 31.7 Å². The fraction of sp³-hybridized carbons (Fsp3) is 0.550. The molecule has 198 valence electrons. The standard InChI is InChI=1S/C20H23F6N7O3/c1-12(30-13-8-29-31-18(35)17(13)20(24,25)26)11-36-7-2-16(34)33-5-3-32(4-6-33)15-10-27-14(9-28-15)19(21,22)23/h8-10,12H,2-7,11H2,1H3,(H2,30,31,35). The SMILES string of the molecule is CC(COCCC(=O)N1CCN(c2cnc(C(F)(F)F)cn2)CC1)Nc1cn[nH]c(=O)c1C(F)(F)F. The van der Waals surface area contributed by atoms with Crippen molar-refractivity contribution in [3.63, 3.8) is 0 Å². The summed E-state index contributed by atoms with van der Waals surface area (Å²) in [6, 6.07) is -0.613. The highest BCUT2D eigenvalue weighted by Gasteiger charge is 2.37. The molecule has 10 nitrogen and oxygen atoms in total. The zero-order valence-electron chi connectivity index (χ0n) is 19.0. The number of halogens is 6. The van der Waals surface area contributed by atoms with E-state index in [0.29, 0.717) is 32.4 Å². The maximum atomic E-state index is 13.1. The van der Waals surface area contributed by atoms with Crippen LogP contribution in [0, 0.1) is 0 Å². The van der Waals surface area contributed by atoms with Gasteiger partial charge in [0.25, 0.3) is 5.56 Å². The molecule has 2 aromatic rings. The van der Waals surface area contributed by atoms with Crippen LogP contribution in [0.2, 0.25) is 0 Å². The molecule has 3 heterocycles. The number of amides is 1. The van der Waals surface area contributed by atoms with Crippen LogP contribution in [0.4, 0.5) is 37.8 Å². The monoisotopic (exact) mass is 523 g/mol. The Kier molecular flexibility index (Phi) is 8.37. The quantitative estimate of drug-likeness (QED) is 0.400. The highest BCUT2D eigenvalue weighted by molar-refractivity contribution is 5.76. The third-order valence-electron chi connectivity index (χ3n) is 5.25. The number of piperazine rings is 1. The van der Waals surface area contributed by atoms with Crippen molar-refractivity contribution >= 4 is 17.4 Å². The van der Waals surface area contributed by atoms with Crippen LogP contribution in [0.1, 0.15) is 24.6 Å². The second kappa shape index (κ2) is 11.1. The fourth-order valence-electron chi connectivity index (χ4n) is 3.49. The summed E-state index contributed by atoms with van der Waals surface area (Å²) in [5.41, 5.74) is -4.31. The zero-order valence-corrected chi connectivity index (χ0v) is 19.0. The highest BCUT2D eigenvalue weighted by Crippen LogP contribution is 2.31. The Bertz CT molecular complexity index is 1080. The number of nitrogens with one attached hydrogen (secondary N) is 2. The van der Waals surface area contributed by atoms with Gasteiger partial charge in [-0.05, 0) is 6.92 Å². The summed E-state index contributed by atoms with van der Waals surface area (Å²) in [6.07, 6.45) is -6.84. The number of H-pyrrole nitrogens is 1. The number of aromatic amines is 1. The first-order chi connectivity index (χ1) is 16.9. The number of carbonyl (C=O) groups excluding carboxylic acids is 1. The molecule has 1 amide bonds. The van der Waals surface area contributed by atoms with Crippen LogP contribution in [-0.2, 0) is 21.9 Å². The first-order valence-electron chi connectivity index (χ1n) is 10.8. The molecule has 0 spiro atoms. The van der Waals surface area contributed by atoms with Gasteiger partial charge in [-0.1, -0.05) is 0 Å². The molecular weight excluding hydrogens is 500 g/mol. The average molecular weight is 523 g/mol. The van der Waals surface area contributed by atoms with Crippen LogP contribution >= 0.6 is 0 Å². The van der Waals surface area contributed by atoms with E-state index in [2.05, 4.69) is 20.4 Å². The first-order valence-corrected chi connectivity index (χ1v) is 10.8. The van der Waals surface area contributed by atoms with E-state index < -0.39 is 40.9 Å². The van der Waals surface area contributed by atoms with Crippen LogP contribution in [0.5, 0.6) is 0 Å². The number of hydrogen-bond donors (Lipinski definition) is 2. The van der Waals surface area contributed by atoms with Gasteiger partial charge in [-0.2, -0.15) is 31.4 Å². The molecule has 2 aromatic heterocycles. The molecule has 0 aromatic carbocycles. The van der Waals surface area contributed by atoms with Crippen molar-refractivity contribution < 1.29 is 35.9 Å². The number of rotatable bonds is 8. The minimum atomic E-state index is -4.87. The second-order valence-electron chi connectivity index (χ2n) is 7.98. The van der Waals surface area contributed by atoms with Crippen LogP contribution in [0.25, 0.3) is 0 Å². The van der Waals surface area contributed by atoms with Gasteiger partial charge in [-0.3, -0.25) is 9.59 Å². The van der Waals surface area contributed by atoms with Crippen molar-refractivity contribution in [2.24, 2.45) is 0 Å². The molecule has 1 aliphatic heterocycles. The number of anilines is 2. The molecule has 1 aliphatic rings. The van der Waals surface area contributed by atoms with E-state index >= 15 is 0 Å². The van der Waals surface area contributed by atoms with E-state index in [4.69, 9.17) is 4.74 Å². The Hall–Kier alpha value is -3.43. The summed E-state index contributed by atoms with van der Waals surface area (Å²) in [7, 11) is 0. The van der Waals surface area contributed by atoms with Crippen molar-refractivity contribution in [2.75, 3.05) is 49.6 Å². The number of alkyl halides is 6. The van der Waals surface area contributed by atoms with E-state index in [-0.39, 0.29) is 31.4 Å². The number of ether oxygens (including phenoxy) is 1. The summed E-state index contributed by atoms with van der Waals surface area (Å²) >= 11 is 0. The Labute approximate surface area is 200 Å². The van der Waals surface area contributed by atoms with E-state index in [1.165, 1.54) is 0 Å². The molecule has 36 heavy (non-hydrogen) atoms. The number of hydrogen-bond acceptors (Lipinski definition) is 8. The van der Waals surface area contributed by atoms with Gasteiger partial charge < -0.3 is 19.9 Å². The molecule has 0 bridgehead atoms. The highest BCUT2D eigenvalue weighted by atomic mass is 19.4. The summed E-state index contributed by atoms with van der Waals surface area (Å²) in [5.74, 6) is 0.0797. The normalized spacial score (nSPS) is 15.6. The molecule has 2 N–H and O–H groups in total. The third-order valence-corrected chi connectivity index (χ3v) is 5.25. The lowest BCUT2D eigenvalue weighted by Crippen LogP contribution is -2.49. The van der Waals surface area contributed by atoms with Crippen molar-refractivity contribution in [1.82, 2.24) is 25.1 Å². The maximum absolute atomic E-state index is 13.1. The van der Waals surface area contributed by atoms with Gasteiger partial charge in [0.2, 0.25) is 5.91 Å². The molecule has 0 radical (unpaired) electrons. The van der Waals surface area contributed by atoms with Crippen LogP contribution in [0.3, 0.4) is 0 Å². The van der Waals surface area contributed by atoms with Gasteiger partial charge in [0, 0.05) is 32.2 Å². The topological polar surface area (TPSA) is 116 Å². The number of nitrogens with zero attached hydrogens (tertiary/aromatic N) is 5. The molecule has 0 saturated carbocycles.